The number of rotatable bonds is 2. The lowest BCUT2D eigenvalue weighted by Gasteiger charge is -2.32. The lowest BCUT2D eigenvalue weighted by atomic mass is 9.85. The molecule has 3 unspecified atom stereocenters. The molecule has 1 aliphatic rings. The third-order valence-corrected chi connectivity index (χ3v) is 4.94. The number of hydrogen-bond donors (Lipinski definition) is 0. The molecule has 0 amide bonds. The molecule has 20 heavy (non-hydrogen) atoms. The number of para-hydroxylation sites is 1. The molecule has 1 aromatic heterocycles. The van der Waals surface area contributed by atoms with Gasteiger partial charge in [-0.15, -0.1) is 11.6 Å². The molecule has 108 valence electrons. The second-order valence-electron chi connectivity index (χ2n) is 5.89. The molecule has 1 aromatic carbocycles. The first kappa shape index (κ1) is 14.2. The van der Waals surface area contributed by atoms with Crippen LogP contribution in [0.1, 0.15) is 56.8 Å². The number of nitrogens with zero attached hydrogens (tertiary/aromatic N) is 2. The summed E-state index contributed by atoms with van der Waals surface area (Å²) in [6, 6.07) is 6.38. The average Bonchev–Trinajstić information content (AvgIpc) is 2.80. The fourth-order valence-corrected chi connectivity index (χ4v) is 3.84. The number of hydrogen-bond acceptors (Lipinski definition) is 1. The minimum Gasteiger partial charge on any atom is -0.322 e. The fraction of sp³-hybridized carbons (Fsp3) is 0.562. The van der Waals surface area contributed by atoms with E-state index in [-0.39, 0.29) is 5.38 Å². The van der Waals surface area contributed by atoms with E-state index in [0.29, 0.717) is 12.0 Å². The van der Waals surface area contributed by atoms with Crippen molar-refractivity contribution in [1.29, 1.82) is 0 Å². The van der Waals surface area contributed by atoms with Crippen LogP contribution in [0.2, 0.25) is 5.02 Å². The highest BCUT2D eigenvalue weighted by atomic mass is 35.5. The van der Waals surface area contributed by atoms with Crippen molar-refractivity contribution in [1.82, 2.24) is 9.55 Å². The minimum absolute atomic E-state index is 0.104. The average molecular weight is 311 g/mol. The molecule has 1 saturated carbocycles. The highest BCUT2D eigenvalue weighted by Gasteiger charge is 2.28. The summed E-state index contributed by atoms with van der Waals surface area (Å²) in [5, 5.41) is 0.670. The fourth-order valence-electron chi connectivity index (χ4n) is 3.42. The molecule has 4 heteroatoms. The van der Waals surface area contributed by atoms with Gasteiger partial charge in [-0.3, -0.25) is 0 Å². The lowest BCUT2D eigenvalue weighted by Crippen LogP contribution is -2.23. The van der Waals surface area contributed by atoms with Crippen molar-refractivity contribution < 1.29 is 0 Å². The molecule has 1 fully saturated rings. The minimum atomic E-state index is -0.104. The first-order valence-electron chi connectivity index (χ1n) is 7.40. The number of aromatic nitrogens is 2. The van der Waals surface area contributed by atoms with Crippen molar-refractivity contribution in [2.75, 3.05) is 0 Å². The summed E-state index contributed by atoms with van der Waals surface area (Å²) < 4.78 is 2.32. The summed E-state index contributed by atoms with van der Waals surface area (Å²) in [7, 11) is 0. The van der Waals surface area contributed by atoms with Gasteiger partial charge in [0.2, 0.25) is 0 Å². The van der Waals surface area contributed by atoms with Gasteiger partial charge in [0.05, 0.1) is 21.4 Å². The van der Waals surface area contributed by atoms with E-state index >= 15 is 0 Å². The van der Waals surface area contributed by atoms with Gasteiger partial charge in [-0.05, 0) is 37.8 Å². The Balaban J connectivity index is 2.22. The monoisotopic (exact) mass is 310 g/mol. The molecule has 2 nitrogen and oxygen atoms in total. The van der Waals surface area contributed by atoms with Gasteiger partial charge < -0.3 is 4.57 Å². The molecule has 0 radical (unpaired) electrons. The zero-order valence-electron chi connectivity index (χ0n) is 11.9. The molecular formula is C16H20Cl2N2. The second kappa shape index (κ2) is 5.57. The number of alkyl halides is 1. The number of halogens is 2. The smallest absolute Gasteiger partial charge is 0.128 e. The summed E-state index contributed by atoms with van der Waals surface area (Å²) in [6.45, 7) is 4.32. The zero-order valence-corrected chi connectivity index (χ0v) is 13.5. The molecule has 1 aliphatic carbocycles. The van der Waals surface area contributed by atoms with E-state index in [4.69, 9.17) is 28.2 Å². The summed E-state index contributed by atoms with van der Waals surface area (Å²) in [4.78, 5) is 4.73. The molecule has 3 rings (SSSR count). The molecule has 2 aromatic rings. The normalized spacial score (nSPS) is 25.0. The Hall–Kier alpha value is -0.730. The molecule has 0 spiro atoms. The Morgan fingerprint density at radius 2 is 2.05 bits per heavy atom. The van der Waals surface area contributed by atoms with E-state index in [1.807, 2.05) is 25.1 Å². The number of imidazole rings is 1. The second-order valence-corrected chi connectivity index (χ2v) is 6.95. The lowest BCUT2D eigenvalue weighted by molar-refractivity contribution is 0.257. The van der Waals surface area contributed by atoms with Gasteiger partial charge in [0.25, 0.3) is 0 Å². The van der Waals surface area contributed by atoms with Gasteiger partial charge in [-0.2, -0.15) is 0 Å². The highest BCUT2D eigenvalue weighted by Crippen LogP contribution is 2.40. The molecule has 0 aliphatic heterocycles. The molecule has 0 saturated heterocycles. The van der Waals surface area contributed by atoms with Gasteiger partial charge in [0.1, 0.15) is 5.82 Å². The van der Waals surface area contributed by atoms with Gasteiger partial charge in [-0.1, -0.05) is 37.4 Å². The Labute approximate surface area is 130 Å². The molecule has 1 heterocycles. The van der Waals surface area contributed by atoms with Gasteiger partial charge in [-0.25, -0.2) is 4.98 Å². The Morgan fingerprint density at radius 3 is 2.75 bits per heavy atom. The van der Waals surface area contributed by atoms with E-state index in [1.54, 1.807) is 0 Å². The molecule has 0 N–H and O–H groups in total. The van der Waals surface area contributed by atoms with Crippen LogP contribution in [-0.4, -0.2) is 9.55 Å². The van der Waals surface area contributed by atoms with E-state index in [1.165, 1.54) is 25.7 Å². The maximum Gasteiger partial charge on any atom is 0.128 e. The number of fused-ring (bicyclic) bond motifs is 1. The quantitative estimate of drug-likeness (QED) is 0.647. The van der Waals surface area contributed by atoms with Crippen LogP contribution >= 0.6 is 23.2 Å². The van der Waals surface area contributed by atoms with E-state index in [9.17, 15) is 0 Å². The van der Waals surface area contributed by atoms with Crippen LogP contribution in [0, 0.1) is 5.92 Å². The third-order valence-electron chi connectivity index (χ3n) is 4.44. The predicted octanol–water partition coefficient (Wildman–Crippen LogP) is 5.74. The Morgan fingerprint density at radius 1 is 1.30 bits per heavy atom. The van der Waals surface area contributed by atoms with Crippen LogP contribution in [-0.2, 0) is 0 Å². The van der Waals surface area contributed by atoms with Crippen molar-refractivity contribution in [3.05, 3.63) is 29.0 Å². The summed E-state index contributed by atoms with van der Waals surface area (Å²) in [5.74, 6) is 1.60. The summed E-state index contributed by atoms with van der Waals surface area (Å²) in [6.07, 6.45) is 5.05. The van der Waals surface area contributed by atoms with Crippen molar-refractivity contribution in [2.24, 2.45) is 5.92 Å². The van der Waals surface area contributed by atoms with Gasteiger partial charge in [0.15, 0.2) is 0 Å². The number of benzene rings is 1. The van der Waals surface area contributed by atoms with Crippen molar-refractivity contribution in [2.45, 2.75) is 50.9 Å². The topological polar surface area (TPSA) is 17.8 Å². The summed E-state index contributed by atoms with van der Waals surface area (Å²) in [5.41, 5.74) is 2.01. The Bertz CT molecular complexity index is 618. The molecule has 0 bridgehead atoms. The van der Waals surface area contributed by atoms with Crippen LogP contribution in [0.15, 0.2) is 18.2 Å². The van der Waals surface area contributed by atoms with Crippen molar-refractivity contribution >= 4 is 34.2 Å². The zero-order chi connectivity index (χ0) is 14.3. The SMILES string of the molecule is CC(Cl)c1nc2cccc(Cl)c2n1C1CCCCC1C. The van der Waals surface area contributed by atoms with Gasteiger partial charge in [0, 0.05) is 6.04 Å². The van der Waals surface area contributed by atoms with E-state index in [2.05, 4.69) is 11.5 Å². The van der Waals surface area contributed by atoms with E-state index < -0.39 is 0 Å². The first-order valence-corrected chi connectivity index (χ1v) is 8.21. The third kappa shape index (κ3) is 2.33. The highest BCUT2D eigenvalue weighted by molar-refractivity contribution is 6.35. The van der Waals surface area contributed by atoms with Crippen molar-refractivity contribution in [3.63, 3.8) is 0 Å². The van der Waals surface area contributed by atoms with Crippen LogP contribution in [0.5, 0.6) is 0 Å². The van der Waals surface area contributed by atoms with Crippen LogP contribution in [0.25, 0.3) is 11.0 Å². The maximum atomic E-state index is 6.44. The van der Waals surface area contributed by atoms with Crippen LogP contribution in [0.4, 0.5) is 0 Å². The van der Waals surface area contributed by atoms with E-state index in [0.717, 1.165) is 21.9 Å². The summed E-state index contributed by atoms with van der Waals surface area (Å²) >= 11 is 12.8. The Kier molecular flexibility index (Phi) is 3.96. The largest absolute Gasteiger partial charge is 0.322 e. The predicted molar refractivity (Wildman–Crippen MR) is 85.7 cm³/mol. The standard InChI is InChI=1S/C16H20Cl2N2/c1-10-6-3-4-9-14(10)20-15-12(18)7-5-8-13(15)19-16(20)11(2)17/h5,7-8,10-11,14H,3-4,6,9H2,1-2H3. The molecule has 3 atom stereocenters. The van der Waals surface area contributed by atoms with Crippen LogP contribution in [0.3, 0.4) is 0 Å². The van der Waals surface area contributed by atoms with Crippen molar-refractivity contribution in [3.8, 4) is 0 Å². The van der Waals surface area contributed by atoms with Gasteiger partial charge >= 0.3 is 0 Å². The van der Waals surface area contributed by atoms with Crippen LogP contribution < -0.4 is 0 Å². The first-order chi connectivity index (χ1) is 9.59. The maximum absolute atomic E-state index is 6.44. The molecular weight excluding hydrogens is 291 g/mol.